The third-order valence-electron chi connectivity index (χ3n) is 12.9. The summed E-state index contributed by atoms with van der Waals surface area (Å²) in [5, 5.41) is 15.6. The lowest BCUT2D eigenvalue weighted by Crippen LogP contribution is -2.43. The number of aliphatic hydroxyl groups excluding tert-OH is 1. The molecule has 1 aliphatic carbocycles. The van der Waals surface area contributed by atoms with Crippen molar-refractivity contribution in [2.45, 2.75) is 76.7 Å². The van der Waals surface area contributed by atoms with Crippen LogP contribution in [0.25, 0.3) is 11.6 Å². The summed E-state index contributed by atoms with van der Waals surface area (Å²) in [6.07, 6.45) is 1.95. The number of anilines is 1. The molecule has 4 aromatic rings. The molecule has 0 spiro atoms. The highest BCUT2D eigenvalue weighted by atomic mass is 31.3. The zero-order valence-electron chi connectivity index (χ0n) is 40.5. The van der Waals surface area contributed by atoms with E-state index in [1.165, 1.54) is 34.2 Å². The fourth-order valence-electron chi connectivity index (χ4n) is 9.34. The predicted octanol–water partition coefficient (Wildman–Crippen LogP) is 1.99. The lowest BCUT2D eigenvalue weighted by Gasteiger charge is -2.36. The zero-order valence-corrected chi connectivity index (χ0v) is 43.2. The summed E-state index contributed by atoms with van der Waals surface area (Å²) in [6.45, 7) is 7.96. The number of hydrogen-bond donors (Lipinski definition) is 6. The molecule has 1 aromatic heterocycles. The Morgan fingerprint density at radius 2 is 1.75 bits per heavy atom. The molecule has 72 heavy (non-hydrogen) atoms. The highest BCUT2D eigenvalue weighted by molar-refractivity contribution is 7.66. The predicted molar refractivity (Wildman–Crippen MR) is 263 cm³/mol. The lowest BCUT2D eigenvalue weighted by atomic mass is 9.68. The Morgan fingerprint density at radius 1 is 1.01 bits per heavy atom. The minimum absolute atomic E-state index is 0.00848. The smallest absolute Gasteiger partial charge is 0.487 e. The molecule has 3 heterocycles. The first-order valence-electron chi connectivity index (χ1n) is 23.1. The Balaban J connectivity index is 0.986. The summed E-state index contributed by atoms with van der Waals surface area (Å²) in [4.78, 5) is 97.0. The molecule has 22 nitrogen and oxygen atoms in total. The van der Waals surface area contributed by atoms with Crippen molar-refractivity contribution in [3.63, 3.8) is 0 Å². The van der Waals surface area contributed by atoms with Crippen molar-refractivity contribution in [3.8, 4) is 0 Å². The van der Waals surface area contributed by atoms with Crippen LogP contribution in [0.3, 0.4) is 0 Å². The van der Waals surface area contributed by atoms with Crippen LogP contribution >= 0.6 is 23.5 Å². The summed E-state index contributed by atoms with van der Waals surface area (Å²) in [5.41, 5.74) is 6.13. The van der Waals surface area contributed by atoms with Gasteiger partial charge in [0.05, 0.1) is 18.3 Å². The number of aromatic nitrogens is 2. The molecular formula is C47H59N6O16P3. The van der Waals surface area contributed by atoms with Crippen molar-refractivity contribution in [2.75, 3.05) is 58.8 Å². The van der Waals surface area contributed by atoms with E-state index < -0.39 is 59.8 Å². The molecular weight excluding hydrogens is 997 g/mol. The second-order valence-electron chi connectivity index (χ2n) is 18.5. The second kappa shape index (κ2) is 21.7. The quantitative estimate of drug-likeness (QED) is 0.0578. The molecule has 388 valence electrons. The van der Waals surface area contributed by atoms with Crippen LogP contribution in [0.2, 0.25) is 0 Å². The average Bonchev–Trinajstić information content (AvgIpc) is 3.67. The number of aromatic amines is 1. The largest absolute Gasteiger partial charge is 0.756 e. The van der Waals surface area contributed by atoms with E-state index in [4.69, 9.17) is 9.63 Å². The summed E-state index contributed by atoms with van der Waals surface area (Å²) in [6, 6.07) is 19.0. The van der Waals surface area contributed by atoms with Crippen LogP contribution in [0, 0.1) is 0 Å². The molecule has 1 saturated heterocycles. The summed E-state index contributed by atoms with van der Waals surface area (Å²) >= 11 is 0. The minimum Gasteiger partial charge on any atom is -0.756 e. The number of nitrogens with one attached hydrogen (secondary N) is 2. The lowest BCUT2D eigenvalue weighted by molar-refractivity contribution is -0.212. The minimum atomic E-state index is -5.87. The summed E-state index contributed by atoms with van der Waals surface area (Å²) < 4.78 is 55.1. The first-order chi connectivity index (χ1) is 33.8. The summed E-state index contributed by atoms with van der Waals surface area (Å²) in [5.74, 6) is -0.502. The Bertz CT molecular complexity index is 3200. The van der Waals surface area contributed by atoms with Gasteiger partial charge in [0.15, 0.2) is 0 Å². The third-order valence-corrected chi connectivity index (χ3v) is 16.7. The maximum atomic E-state index is 14.4. The molecule has 7 rings (SSSR count). The Morgan fingerprint density at radius 3 is 2.46 bits per heavy atom. The van der Waals surface area contributed by atoms with Crippen molar-refractivity contribution < 1.29 is 65.8 Å². The van der Waals surface area contributed by atoms with Crippen LogP contribution in [0.1, 0.15) is 96.4 Å². The van der Waals surface area contributed by atoms with Crippen LogP contribution in [0.5, 0.6) is 0 Å². The zero-order chi connectivity index (χ0) is 52.5. The number of carbonyl (C=O) groups is 2. The van der Waals surface area contributed by atoms with Crippen molar-refractivity contribution in [2.24, 2.45) is 0 Å². The fourth-order valence-corrected chi connectivity index (χ4v) is 12.3. The van der Waals surface area contributed by atoms with Gasteiger partial charge in [-0.05, 0) is 77.1 Å². The Kier molecular flexibility index (Phi) is 16.5. The number of fused-ring (bicyclic) bond motifs is 3. The fraction of sp³-hybridized carbons (Fsp3) is 0.426. The molecule has 2 amide bonds. The van der Waals surface area contributed by atoms with Gasteiger partial charge < -0.3 is 44.5 Å². The van der Waals surface area contributed by atoms with Gasteiger partial charge in [0.1, 0.15) is 25.4 Å². The number of rotatable bonds is 19. The standard InChI is InChI=1S/C47H59N6O16P3/c1-7-52-22-11-14-29-23-35-37(25-38(29)52)47(2,3)36-24-31(50(4)5)18-19-34(36)43(35)32-15-8-9-16-33(32)45(57)51(6)21-12-17-41(55)48-20-10-13-30-27-53(46(58)49-44(30)56)42-26-39(54)40(67-42)28-66-71(62,63)69-72(64,65)68-70(59,60)61/h8-10,13,15-16,18-19,23-25,27,39-40,42,54H,7,11-12,14,17,20-22,26,28H2,1-6H3,(H5-,48,49,55,56,58,59,60,61,62,63,64,65)/b13-10+/t39-,40+,42+/m0/s1. The molecule has 6 atom stereocenters. The highest BCUT2D eigenvalue weighted by Gasteiger charge is 2.42. The van der Waals surface area contributed by atoms with Gasteiger partial charge in [0.25, 0.3) is 19.3 Å². The van der Waals surface area contributed by atoms with E-state index in [2.05, 4.69) is 84.0 Å². The van der Waals surface area contributed by atoms with Crippen LogP contribution in [0.4, 0.5) is 5.69 Å². The molecule has 6 N–H and O–H groups in total. The number of aryl methyl sites for hydroxylation is 1. The van der Waals surface area contributed by atoms with Gasteiger partial charge in [0.2, 0.25) is 11.3 Å². The van der Waals surface area contributed by atoms with Crippen LogP contribution in [-0.2, 0) is 48.2 Å². The Hall–Kier alpha value is -5.18. The summed E-state index contributed by atoms with van der Waals surface area (Å²) in [7, 11) is -11.5. The van der Waals surface area contributed by atoms with Crippen LogP contribution in [-0.4, -0.2) is 112 Å². The molecule has 3 aromatic carbocycles. The Labute approximate surface area is 414 Å². The molecule has 2 aliphatic heterocycles. The van der Waals surface area contributed by atoms with E-state index >= 15 is 0 Å². The van der Waals surface area contributed by atoms with Crippen molar-refractivity contribution in [1.82, 2.24) is 24.3 Å². The molecule has 3 aliphatic rings. The maximum absolute atomic E-state index is 14.4. The van der Waals surface area contributed by atoms with E-state index in [0.717, 1.165) is 64.3 Å². The van der Waals surface area contributed by atoms with Gasteiger partial charge in [-0.1, -0.05) is 50.3 Å². The van der Waals surface area contributed by atoms with E-state index in [1.54, 1.807) is 11.9 Å². The number of ether oxygens (including phenoxy) is 1. The van der Waals surface area contributed by atoms with Gasteiger partial charge in [-0.25, -0.2) is 22.8 Å². The van der Waals surface area contributed by atoms with Gasteiger partial charge in [-0.2, -0.15) is 4.31 Å². The number of benzene rings is 3. The van der Waals surface area contributed by atoms with Gasteiger partial charge in [-0.3, -0.25) is 33.0 Å². The number of nitrogens with zero attached hydrogens (tertiary/aromatic N) is 4. The third kappa shape index (κ3) is 12.4. The number of phosphoric ester groups is 1. The SMILES string of the molecule is CC[N+]1=c2cc3c(cc2CCC1)=C(c1ccccc1C(=O)N(C)CCCC(=O)NC/C=C/c1cn([C@H]2C[C@H](O)[C@@H](COP(=O)(O)OP(=O)(O)OP(=O)([O-])O)O2)c(=O)[nH]c1=O)c1ccc(N(C)C)cc1C3(C)C. The van der Waals surface area contributed by atoms with Crippen molar-refractivity contribution in [1.29, 1.82) is 0 Å². The molecule has 1 fully saturated rings. The topological polar surface area (TPSA) is 303 Å². The van der Waals surface area contributed by atoms with E-state index in [1.807, 2.05) is 38.4 Å². The number of aliphatic hydroxyl groups is 1. The van der Waals surface area contributed by atoms with E-state index in [9.17, 15) is 52.7 Å². The number of phosphoric acid groups is 3. The van der Waals surface area contributed by atoms with E-state index in [-0.39, 0.29) is 48.7 Å². The number of carbonyl (C=O) groups excluding carboxylic acids is 2. The van der Waals surface area contributed by atoms with Gasteiger partial charge in [0, 0.05) is 88.0 Å². The second-order valence-corrected chi connectivity index (χ2v) is 22.8. The molecule has 0 radical (unpaired) electrons. The number of H-pyrrole nitrogens is 1. The molecule has 3 unspecified atom stereocenters. The molecule has 0 saturated carbocycles. The van der Waals surface area contributed by atoms with Crippen molar-refractivity contribution in [3.05, 3.63) is 137 Å². The monoisotopic (exact) mass is 1060 g/mol. The molecule has 0 bridgehead atoms. The van der Waals surface area contributed by atoms with Crippen molar-refractivity contribution >= 4 is 52.6 Å². The maximum Gasteiger partial charge on any atom is 0.487 e. The van der Waals surface area contributed by atoms with Crippen LogP contribution in [0.15, 0.2) is 76.5 Å². The average molecular weight is 1060 g/mol. The molecule has 25 heteroatoms. The first-order valence-corrected chi connectivity index (χ1v) is 27.6. The normalized spacial score (nSPS) is 20.7. The number of amides is 2. The number of hydrogen-bond acceptors (Lipinski definition) is 14. The highest BCUT2D eigenvalue weighted by Crippen LogP contribution is 2.65. The van der Waals surface area contributed by atoms with E-state index in [0.29, 0.717) is 12.0 Å². The van der Waals surface area contributed by atoms with Crippen LogP contribution < -0.4 is 41.5 Å². The van der Waals surface area contributed by atoms with Gasteiger partial charge >= 0.3 is 21.3 Å². The van der Waals surface area contributed by atoms with Gasteiger partial charge in [-0.15, -0.1) is 0 Å². The first kappa shape index (κ1) is 54.6.